The zero-order chi connectivity index (χ0) is 13.8. The molecule has 1 unspecified atom stereocenters. The number of rotatable bonds is 5. The standard InChI is InChI=1S/C13H17N3OS2/c1-9-11(19-8-15-9)4-5-13(17)16(3)10(2)12-6-14-7-18-12/h6-8,10H,4-5H2,1-3H3. The van der Waals surface area contributed by atoms with Crippen molar-refractivity contribution in [2.75, 3.05) is 7.05 Å². The average molecular weight is 295 g/mol. The quantitative estimate of drug-likeness (QED) is 0.851. The van der Waals surface area contributed by atoms with E-state index in [2.05, 4.69) is 9.97 Å². The van der Waals surface area contributed by atoms with Gasteiger partial charge in [-0.3, -0.25) is 9.78 Å². The minimum Gasteiger partial charge on any atom is -0.338 e. The third kappa shape index (κ3) is 3.39. The first kappa shape index (κ1) is 14.1. The summed E-state index contributed by atoms with van der Waals surface area (Å²) in [6.45, 7) is 4.02. The van der Waals surface area contributed by atoms with Crippen molar-refractivity contribution in [1.82, 2.24) is 14.9 Å². The van der Waals surface area contributed by atoms with Crippen LogP contribution in [0.15, 0.2) is 17.2 Å². The molecule has 102 valence electrons. The van der Waals surface area contributed by atoms with Crippen molar-refractivity contribution in [3.8, 4) is 0 Å². The van der Waals surface area contributed by atoms with E-state index in [0.717, 1.165) is 17.0 Å². The maximum absolute atomic E-state index is 12.2. The van der Waals surface area contributed by atoms with Gasteiger partial charge in [-0.15, -0.1) is 22.7 Å². The molecule has 2 heterocycles. The summed E-state index contributed by atoms with van der Waals surface area (Å²) in [7, 11) is 1.85. The van der Waals surface area contributed by atoms with Gasteiger partial charge < -0.3 is 4.90 Å². The number of hydrogen-bond donors (Lipinski definition) is 0. The van der Waals surface area contributed by atoms with E-state index in [4.69, 9.17) is 0 Å². The fraction of sp³-hybridized carbons (Fsp3) is 0.462. The lowest BCUT2D eigenvalue weighted by Gasteiger charge is -2.23. The number of aryl methyl sites for hydroxylation is 2. The predicted molar refractivity (Wildman–Crippen MR) is 78.5 cm³/mol. The number of aromatic nitrogens is 2. The highest BCUT2D eigenvalue weighted by atomic mass is 32.1. The average Bonchev–Trinajstić information content (AvgIpc) is 3.05. The van der Waals surface area contributed by atoms with Gasteiger partial charge in [0.1, 0.15) is 0 Å². The number of amides is 1. The molecule has 0 radical (unpaired) electrons. The Morgan fingerprint density at radius 3 is 2.79 bits per heavy atom. The predicted octanol–water partition coefficient (Wildman–Crippen LogP) is 3.06. The van der Waals surface area contributed by atoms with Crippen LogP contribution in [0.25, 0.3) is 0 Å². The van der Waals surface area contributed by atoms with E-state index in [1.54, 1.807) is 33.1 Å². The molecule has 19 heavy (non-hydrogen) atoms. The van der Waals surface area contributed by atoms with Gasteiger partial charge in [0.2, 0.25) is 5.91 Å². The molecular formula is C13H17N3OS2. The smallest absolute Gasteiger partial charge is 0.223 e. The fourth-order valence-electron chi connectivity index (χ4n) is 1.80. The van der Waals surface area contributed by atoms with Gasteiger partial charge in [0.25, 0.3) is 0 Å². The van der Waals surface area contributed by atoms with Gasteiger partial charge in [0, 0.05) is 29.4 Å². The summed E-state index contributed by atoms with van der Waals surface area (Å²) in [4.78, 5) is 24.6. The lowest BCUT2D eigenvalue weighted by Crippen LogP contribution is -2.29. The van der Waals surface area contributed by atoms with E-state index < -0.39 is 0 Å². The maximum atomic E-state index is 12.2. The Morgan fingerprint density at radius 2 is 2.21 bits per heavy atom. The van der Waals surface area contributed by atoms with Crippen LogP contribution in [-0.4, -0.2) is 27.8 Å². The summed E-state index contributed by atoms with van der Waals surface area (Å²) >= 11 is 3.20. The van der Waals surface area contributed by atoms with E-state index in [1.807, 2.05) is 32.6 Å². The Bertz CT molecular complexity index is 536. The molecule has 2 rings (SSSR count). The van der Waals surface area contributed by atoms with E-state index in [-0.39, 0.29) is 11.9 Å². The van der Waals surface area contributed by atoms with Gasteiger partial charge in [0.15, 0.2) is 0 Å². The molecule has 1 atom stereocenters. The highest BCUT2D eigenvalue weighted by Crippen LogP contribution is 2.23. The first-order chi connectivity index (χ1) is 9.09. The maximum Gasteiger partial charge on any atom is 0.223 e. The monoisotopic (exact) mass is 295 g/mol. The van der Waals surface area contributed by atoms with Gasteiger partial charge in [0.05, 0.1) is 22.8 Å². The van der Waals surface area contributed by atoms with Crippen LogP contribution in [-0.2, 0) is 11.2 Å². The molecule has 0 saturated heterocycles. The van der Waals surface area contributed by atoms with E-state index in [1.165, 1.54) is 4.88 Å². The highest BCUT2D eigenvalue weighted by Gasteiger charge is 2.18. The van der Waals surface area contributed by atoms with Gasteiger partial charge >= 0.3 is 0 Å². The molecule has 0 aliphatic carbocycles. The fourth-order valence-corrected chi connectivity index (χ4v) is 3.30. The Morgan fingerprint density at radius 1 is 1.42 bits per heavy atom. The second kappa shape index (κ2) is 6.25. The Labute approximate surface area is 121 Å². The second-order valence-electron chi connectivity index (χ2n) is 4.45. The summed E-state index contributed by atoms with van der Waals surface area (Å²) in [6, 6.07) is 0.0857. The van der Waals surface area contributed by atoms with Crippen LogP contribution >= 0.6 is 22.7 Å². The van der Waals surface area contributed by atoms with Crippen LogP contribution in [0.1, 0.15) is 34.8 Å². The normalized spacial score (nSPS) is 12.4. The third-order valence-corrected chi connectivity index (χ3v) is 5.19. The van der Waals surface area contributed by atoms with Gasteiger partial charge in [-0.25, -0.2) is 4.98 Å². The molecule has 2 aromatic heterocycles. The summed E-state index contributed by atoms with van der Waals surface area (Å²) in [5.74, 6) is 0.161. The Hall–Kier alpha value is -1.27. The molecule has 0 aliphatic rings. The molecule has 0 N–H and O–H groups in total. The molecule has 6 heteroatoms. The molecular weight excluding hydrogens is 278 g/mol. The first-order valence-electron chi connectivity index (χ1n) is 6.12. The molecule has 4 nitrogen and oxygen atoms in total. The van der Waals surface area contributed by atoms with Crippen LogP contribution in [0.4, 0.5) is 0 Å². The van der Waals surface area contributed by atoms with E-state index in [9.17, 15) is 4.79 Å². The number of thiazole rings is 2. The van der Waals surface area contributed by atoms with Crippen LogP contribution < -0.4 is 0 Å². The summed E-state index contributed by atoms with van der Waals surface area (Å²) in [5.41, 5.74) is 4.67. The summed E-state index contributed by atoms with van der Waals surface area (Å²) in [6.07, 6.45) is 3.13. The van der Waals surface area contributed by atoms with Gasteiger partial charge in [-0.05, 0) is 20.3 Å². The van der Waals surface area contributed by atoms with Crippen molar-refractivity contribution in [2.24, 2.45) is 0 Å². The lowest BCUT2D eigenvalue weighted by atomic mass is 10.2. The van der Waals surface area contributed by atoms with E-state index >= 15 is 0 Å². The van der Waals surface area contributed by atoms with Gasteiger partial charge in [-0.1, -0.05) is 0 Å². The van der Waals surface area contributed by atoms with Gasteiger partial charge in [-0.2, -0.15) is 0 Å². The lowest BCUT2D eigenvalue weighted by molar-refractivity contribution is -0.131. The van der Waals surface area contributed by atoms with Crippen molar-refractivity contribution >= 4 is 28.6 Å². The van der Waals surface area contributed by atoms with Crippen molar-refractivity contribution in [2.45, 2.75) is 32.7 Å². The Kier molecular flexibility index (Phi) is 4.66. The topological polar surface area (TPSA) is 46.1 Å². The van der Waals surface area contributed by atoms with Crippen LogP contribution in [0.3, 0.4) is 0 Å². The summed E-state index contributed by atoms with van der Waals surface area (Å²) < 4.78 is 0. The molecule has 0 aliphatic heterocycles. The van der Waals surface area contributed by atoms with Crippen molar-refractivity contribution < 1.29 is 4.79 Å². The zero-order valence-electron chi connectivity index (χ0n) is 11.3. The molecule has 0 saturated carbocycles. The Balaban J connectivity index is 1.91. The second-order valence-corrected chi connectivity index (χ2v) is 6.30. The van der Waals surface area contributed by atoms with Crippen LogP contribution in [0.2, 0.25) is 0 Å². The number of hydrogen-bond acceptors (Lipinski definition) is 5. The molecule has 2 aromatic rings. The minimum atomic E-state index is 0.0857. The largest absolute Gasteiger partial charge is 0.338 e. The van der Waals surface area contributed by atoms with Crippen molar-refractivity contribution in [3.05, 3.63) is 32.7 Å². The third-order valence-electron chi connectivity index (χ3n) is 3.25. The zero-order valence-corrected chi connectivity index (χ0v) is 12.9. The molecule has 0 bridgehead atoms. The highest BCUT2D eigenvalue weighted by molar-refractivity contribution is 7.10. The first-order valence-corrected chi connectivity index (χ1v) is 7.88. The molecule has 0 spiro atoms. The molecule has 1 amide bonds. The SMILES string of the molecule is Cc1ncsc1CCC(=O)N(C)C(C)c1cncs1. The van der Waals surface area contributed by atoms with Crippen molar-refractivity contribution in [1.29, 1.82) is 0 Å². The van der Waals surface area contributed by atoms with Crippen LogP contribution in [0.5, 0.6) is 0 Å². The number of nitrogens with zero attached hydrogens (tertiary/aromatic N) is 3. The van der Waals surface area contributed by atoms with Crippen LogP contribution in [0, 0.1) is 6.92 Å². The molecule has 0 aromatic carbocycles. The number of carbonyl (C=O) groups is 1. The van der Waals surface area contributed by atoms with E-state index in [0.29, 0.717) is 6.42 Å². The molecule has 0 fully saturated rings. The van der Waals surface area contributed by atoms with Crippen molar-refractivity contribution in [3.63, 3.8) is 0 Å². The summed E-state index contributed by atoms with van der Waals surface area (Å²) in [5, 5.41) is 0. The minimum absolute atomic E-state index is 0.0857. The number of carbonyl (C=O) groups excluding carboxylic acids is 1.